The standard InChI is InChI=1S/C18H24N2O4/c1-6-22-15(21)10-23-17-13(8-19)12-7-18(4,5)24-9-14(12)16(20-17)11(2)3/h11H,6-7,9-10H2,1-5H3. The molecule has 6 nitrogen and oxygen atoms in total. The molecule has 0 saturated heterocycles. The molecule has 0 atom stereocenters. The van der Waals surface area contributed by atoms with E-state index in [1.54, 1.807) is 6.92 Å². The summed E-state index contributed by atoms with van der Waals surface area (Å²) >= 11 is 0. The van der Waals surface area contributed by atoms with Crippen molar-refractivity contribution in [3.8, 4) is 11.9 Å². The number of rotatable bonds is 5. The summed E-state index contributed by atoms with van der Waals surface area (Å²) in [4.78, 5) is 16.1. The number of pyridine rings is 1. The van der Waals surface area contributed by atoms with Crippen molar-refractivity contribution in [3.63, 3.8) is 0 Å². The Kier molecular flexibility index (Phi) is 5.45. The first-order chi connectivity index (χ1) is 11.3. The Bertz CT molecular complexity index is 675. The number of carbonyl (C=O) groups excluding carboxylic acids is 1. The molecule has 0 N–H and O–H groups in total. The molecule has 0 saturated carbocycles. The van der Waals surface area contributed by atoms with Crippen LogP contribution < -0.4 is 4.74 Å². The molecule has 0 unspecified atom stereocenters. The highest BCUT2D eigenvalue weighted by molar-refractivity contribution is 5.71. The van der Waals surface area contributed by atoms with E-state index in [0.717, 1.165) is 16.8 Å². The van der Waals surface area contributed by atoms with Gasteiger partial charge in [-0.2, -0.15) is 5.26 Å². The first-order valence-electron chi connectivity index (χ1n) is 8.17. The van der Waals surface area contributed by atoms with E-state index in [-0.39, 0.29) is 30.6 Å². The van der Waals surface area contributed by atoms with Crippen LogP contribution in [0.3, 0.4) is 0 Å². The van der Waals surface area contributed by atoms with Crippen molar-refractivity contribution >= 4 is 5.97 Å². The van der Waals surface area contributed by atoms with Gasteiger partial charge in [0.15, 0.2) is 6.61 Å². The van der Waals surface area contributed by atoms with E-state index in [1.807, 2.05) is 27.7 Å². The highest BCUT2D eigenvalue weighted by Gasteiger charge is 2.32. The molecule has 1 aromatic rings. The lowest BCUT2D eigenvalue weighted by Crippen LogP contribution is -2.33. The number of hydrogen-bond donors (Lipinski definition) is 0. The minimum Gasteiger partial charge on any atom is -0.465 e. The summed E-state index contributed by atoms with van der Waals surface area (Å²) in [5, 5.41) is 9.62. The van der Waals surface area contributed by atoms with Crippen LogP contribution in [0.2, 0.25) is 0 Å². The molecule has 1 aromatic heterocycles. The van der Waals surface area contributed by atoms with Crippen LogP contribution in [0.5, 0.6) is 5.88 Å². The highest BCUT2D eigenvalue weighted by atomic mass is 16.6. The summed E-state index contributed by atoms with van der Waals surface area (Å²) in [6.07, 6.45) is 0.600. The second-order valence-electron chi connectivity index (χ2n) is 6.72. The average Bonchev–Trinajstić information content (AvgIpc) is 2.50. The zero-order chi connectivity index (χ0) is 17.9. The maximum absolute atomic E-state index is 11.5. The lowest BCUT2D eigenvalue weighted by Gasteiger charge is -2.34. The smallest absolute Gasteiger partial charge is 0.344 e. The van der Waals surface area contributed by atoms with Crippen molar-refractivity contribution in [2.75, 3.05) is 13.2 Å². The number of nitriles is 1. The number of aromatic nitrogens is 1. The van der Waals surface area contributed by atoms with Gasteiger partial charge in [-0.25, -0.2) is 9.78 Å². The minimum absolute atomic E-state index is 0.154. The Hall–Kier alpha value is -2.13. The summed E-state index contributed by atoms with van der Waals surface area (Å²) in [5.74, 6) is -0.123. The number of esters is 1. The molecule has 0 amide bonds. The zero-order valence-corrected chi connectivity index (χ0v) is 14.9. The van der Waals surface area contributed by atoms with Gasteiger partial charge in [0.1, 0.15) is 11.6 Å². The van der Waals surface area contributed by atoms with Crippen molar-refractivity contribution in [2.45, 2.75) is 59.2 Å². The molecule has 0 aliphatic carbocycles. The molecule has 0 radical (unpaired) electrons. The molecule has 24 heavy (non-hydrogen) atoms. The predicted molar refractivity (Wildman–Crippen MR) is 87.7 cm³/mol. The molecule has 0 aromatic carbocycles. The summed E-state index contributed by atoms with van der Waals surface area (Å²) in [6.45, 7) is 10.2. The van der Waals surface area contributed by atoms with Crippen molar-refractivity contribution < 1.29 is 19.0 Å². The first kappa shape index (κ1) is 18.2. The van der Waals surface area contributed by atoms with E-state index in [2.05, 4.69) is 11.1 Å². The largest absolute Gasteiger partial charge is 0.465 e. The van der Waals surface area contributed by atoms with Gasteiger partial charge in [0, 0.05) is 12.0 Å². The SMILES string of the molecule is CCOC(=O)COc1nc(C(C)C)c2c(c1C#N)CC(C)(C)OC2. The normalized spacial score (nSPS) is 15.5. The van der Waals surface area contributed by atoms with Gasteiger partial charge in [-0.1, -0.05) is 13.8 Å². The maximum atomic E-state index is 11.5. The Morgan fingerprint density at radius 3 is 2.71 bits per heavy atom. The summed E-state index contributed by atoms with van der Waals surface area (Å²) < 4.78 is 16.3. The topological polar surface area (TPSA) is 81.4 Å². The van der Waals surface area contributed by atoms with Crippen molar-refractivity contribution in [1.29, 1.82) is 5.26 Å². The van der Waals surface area contributed by atoms with Crippen LogP contribution in [-0.2, 0) is 27.3 Å². The quantitative estimate of drug-likeness (QED) is 0.771. The Labute approximate surface area is 142 Å². The van der Waals surface area contributed by atoms with Gasteiger partial charge in [-0.3, -0.25) is 0 Å². The van der Waals surface area contributed by atoms with Crippen LogP contribution in [0.1, 0.15) is 62.9 Å². The van der Waals surface area contributed by atoms with Crippen LogP contribution in [0.25, 0.3) is 0 Å². The van der Waals surface area contributed by atoms with E-state index in [9.17, 15) is 10.1 Å². The Morgan fingerprint density at radius 1 is 1.42 bits per heavy atom. The van der Waals surface area contributed by atoms with Crippen LogP contribution in [-0.4, -0.2) is 29.8 Å². The van der Waals surface area contributed by atoms with Crippen molar-refractivity contribution in [3.05, 3.63) is 22.4 Å². The maximum Gasteiger partial charge on any atom is 0.344 e. The fourth-order valence-corrected chi connectivity index (χ4v) is 2.80. The average molecular weight is 332 g/mol. The summed E-state index contributed by atoms with van der Waals surface area (Å²) in [7, 11) is 0. The third-order valence-corrected chi connectivity index (χ3v) is 3.91. The minimum atomic E-state index is -0.476. The molecule has 1 aliphatic heterocycles. The number of carbonyl (C=O) groups is 1. The van der Waals surface area contributed by atoms with Gasteiger partial charge >= 0.3 is 5.97 Å². The molecule has 1 aliphatic rings. The van der Waals surface area contributed by atoms with Crippen LogP contribution in [0.4, 0.5) is 0 Å². The zero-order valence-electron chi connectivity index (χ0n) is 14.9. The fraction of sp³-hybridized carbons (Fsp3) is 0.611. The first-order valence-corrected chi connectivity index (χ1v) is 8.17. The number of hydrogen-bond acceptors (Lipinski definition) is 6. The van der Waals surface area contributed by atoms with Crippen LogP contribution in [0, 0.1) is 11.3 Å². The molecular formula is C18H24N2O4. The molecule has 6 heteroatoms. The molecule has 0 bridgehead atoms. The molecule has 2 heterocycles. The van der Waals surface area contributed by atoms with Gasteiger partial charge in [0.05, 0.1) is 24.5 Å². The van der Waals surface area contributed by atoms with E-state index in [4.69, 9.17) is 14.2 Å². The van der Waals surface area contributed by atoms with Gasteiger partial charge in [0.25, 0.3) is 0 Å². The van der Waals surface area contributed by atoms with Gasteiger partial charge in [-0.05, 0) is 32.3 Å². The highest BCUT2D eigenvalue weighted by Crippen LogP contribution is 2.37. The lowest BCUT2D eigenvalue weighted by molar-refractivity contribution is -0.145. The Morgan fingerprint density at radius 2 is 2.12 bits per heavy atom. The fourth-order valence-electron chi connectivity index (χ4n) is 2.80. The summed E-state index contributed by atoms with van der Waals surface area (Å²) in [5.41, 5.74) is 2.75. The van der Waals surface area contributed by atoms with E-state index < -0.39 is 5.97 Å². The molecule has 0 fully saturated rings. The second kappa shape index (κ2) is 7.18. The third-order valence-electron chi connectivity index (χ3n) is 3.91. The summed E-state index contributed by atoms with van der Waals surface area (Å²) in [6, 6.07) is 2.19. The van der Waals surface area contributed by atoms with E-state index >= 15 is 0 Å². The molecule has 2 rings (SSSR count). The van der Waals surface area contributed by atoms with Crippen LogP contribution >= 0.6 is 0 Å². The number of nitrogens with zero attached hydrogens (tertiary/aromatic N) is 2. The van der Waals surface area contributed by atoms with Gasteiger partial charge in [-0.15, -0.1) is 0 Å². The van der Waals surface area contributed by atoms with E-state index in [1.165, 1.54) is 0 Å². The number of ether oxygens (including phenoxy) is 3. The number of fused-ring (bicyclic) bond motifs is 1. The second-order valence-corrected chi connectivity index (χ2v) is 6.72. The monoisotopic (exact) mass is 332 g/mol. The van der Waals surface area contributed by atoms with E-state index in [0.29, 0.717) is 18.6 Å². The van der Waals surface area contributed by atoms with Crippen LogP contribution in [0.15, 0.2) is 0 Å². The molecule has 130 valence electrons. The van der Waals surface area contributed by atoms with Crippen molar-refractivity contribution in [2.24, 2.45) is 0 Å². The van der Waals surface area contributed by atoms with Crippen molar-refractivity contribution in [1.82, 2.24) is 4.98 Å². The molecule has 0 spiro atoms. The lowest BCUT2D eigenvalue weighted by atomic mass is 9.86. The Balaban J connectivity index is 2.46. The third kappa shape index (κ3) is 3.85. The predicted octanol–water partition coefficient (Wildman–Crippen LogP) is 2.87. The van der Waals surface area contributed by atoms with Gasteiger partial charge < -0.3 is 14.2 Å². The molecular weight excluding hydrogens is 308 g/mol. The van der Waals surface area contributed by atoms with Gasteiger partial charge in [0.2, 0.25) is 5.88 Å².